The average Bonchev–Trinajstić information content (AvgIpc) is 3.44. The van der Waals surface area contributed by atoms with Crippen LogP contribution in [0.3, 0.4) is 0 Å². The number of carbonyl (C=O) groups excluding carboxylic acids is 1. The summed E-state index contributed by atoms with van der Waals surface area (Å²) in [4.78, 5) is 17.9. The average molecular weight is 545 g/mol. The van der Waals surface area contributed by atoms with Crippen LogP contribution in [0, 0.1) is 24.2 Å². The first-order valence-electron chi connectivity index (χ1n) is 13.4. The van der Waals surface area contributed by atoms with Crippen molar-refractivity contribution < 1.29 is 9.21 Å². The van der Waals surface area contributed by atoms with Crippen LogP contribution in [0.2, 0.25) is 0 Å². The highest BCUT2D eigenvalue weighted by molar-refractivity contribution is 8.00. The number of piperidine rings is 1. The van der Waals surface area contributed by atoms with Gasteiger partial charge in [-0.05, 0) is 74.4 Å². The maximum Gasteiger partial charge on any atom is 0.212 e. The predicted octanol–water partition coefficient (Wildman–Crippen LogP) is 6.83. The van der Waals surface area contributed by atoms with Crippen molar-refractivity contribution in [2.75, 3.05) is 45.6 Å². The Morgan fingerprint density at radius 1 is 1.21 bits per heavy atom. The number of allylic oxidation sites excluding steroid dienone is 1. The van der Waals surface area contributed by atoms with Gasteiger partial charge in [-0.15, -0.1) is 0 Å². The number of rotatable bonds is 13. The molecule has 1 aliphatic rings. The minimum atomic E-state index is 0.432. The topological polar surface area (TPSA) is 106 Å². The molecule has 8 nitrogen and oxygen atoms in total. The molecule has 1 aliphatic heterocycles. The molecule has 204 valence electrons. The summed E-state index contributed by atoms with van der Waals surface area (Å²) in [7, 11) is 0. The number of furan rings is 1. The number of nitrogens with zero attached hydrogens (tertiary/aromatic N) is 3. The zero-order chi connectivity index (χ0) is 27.5. The van der Waals surface area contributed by atoms with Gasteiger partial charge >= 0.3 is 0 Å². The van der Waals surface area contributed by atoms with E-state index in [4.69, 9.17) is 4.42 Å². The van der Waals surface area contributed by atoms with Gasteiger partial charge in [0.05, 0.1) is 17.4 Å². The molecule has 1 aromatic carbocycles. The Labute approximate surface area is 235 Å². The summed E-state index contributed by atoms with van der Waals surface area (Å²) in [6.07, 6.45) is 10.9. The third kappa shape index (κ3) is 7.58. The van der Waals surface area contributed by atoms with Gasteiger partial charge < -0.3 is 24.7 Å². The summed E-state index contributed by atoms with van der Waals surface area (Å²) in [6, 6.07) is 13.9. The molecule has 9 heteroatoms. The Kier molecular flexibility index (Phi) is 10.3. The van der Waals surface area contributed by atoms with Gasteiger partial charge in [0, 0.05) is 36.8 Å². The molecule has 0 aliphatic carbocycles. The number of anilines is 4. The summed E-state index contributed by atoms with van der Waals surface area (Å²) < 4.78 is 8.97. The zero-order valence-electron chi connectivity index (χ0n) is 22.6. The largest absolute Gasteiger partial charge is 0.463 e. The summed E-state index contributed by atoms with van der Waals surface area (Å²) in [5, 5.41) is 15.3. The van der Waals surface area contributed by atoms with E-state index in [1.807, 2.05) is 0 Å². The quantitative estimate of drug-likeness (QED) is 0.0930. The molecule has 0 radical (unpaired) electrons. The number of pyridine rings is 1. The second kappa shape index (κ2) is 14.3. The molecule has 0 saturated carbocycles. The molecule has 3 N–H and O–H groups in total. The van der Waals surface area contributed by atoms with Gasteiger partial charge in [0.2, 0.25) is 6.41 Å². The zero-order valence-corrected chi connectivity index (χ0v) is 23.4. The van der Waals surface area contributed by atoms with Crippen LogP contribution in [-0.4, -0.2) is 36.8 Å². The molecular weight excluding hydrogens is 508 g/mol. The Hall–Kier alpha value is -3.90. The maximum atomic E-state index is 10.9. The van der Waals surface area contributed by atoms with Crippen LogP contribution in [0.1, 0.15) is 43.7 Å². The number of nitrogens with one attached hydrogen (secondary N) is 3. The van der Waals surface area contributed by atoms with Crippen molar-refractivity contribution in [3.8, 4) is 17.4 Å². The maximum absolute atomic E-state index is 10.9. The van der Waals surface area contributed by atoms with Crippen LogP contribution in [0.4, 0.5) is 23.0 Å². The van der Waals surface area contributed by atoms with Gasteiger partial charge in [0.15, 0.2) is 5.76 Å². The smallest absolute Gasteiger partial charge is 0.212 e. The highest BCUT2D eigenvalue weighted by Gasteiger charge is 2.20. The third-order valence-electron chi connectivity index (χ3n) is 6.87. The van der Waals surface area contributed by atoms with Gasteiger partial charge in [-0.2, -0.15) is 5.26 Å². The number of nitriles is 1. The lowest BCUT2D eigenvalue weighted by atomic mass is 9.92. The van der Waals surface area contributed by atoms with Crippen LogP contribution in [0.15, 0.2) is 59.2 Å². The van der Waals surface area contributed by atoms with E-state index in [1.54, 1.807) is 30.1 Å². The lowest BCUT2D eigenvalue weighted by Crippen LogP contribution is -2.34. The standard InChI is InChI=1S/C30H36N6O2S/c1-3-39-35-25-9-8-22(2)27(19-25)36-16-12-23(13-17-36)7-5-4-6-15-32-30-26(10-11-28(34-30)33-21-37)29-24(20-31)14-18-38-29/h4-5,8-11,14,18-19,21,23,35H,3,6-7,12-13,15-17H2,1-2H3,(H2,32,33,34,37)/b5-4+. The summed E-state index contributed by atoms with van der Waals surface area (Å²) >= 11 is 1.72. The summed E-state index contributed by atoms with van der Waals surface area (Å²) in [5.41, 5.74) is 4.97. The van der Waals surface area contributed by atoms with Crippen molar-refractivity contribution in [2.45, 2.75) is 39.5 Å². The monoisotopic (exact) mass is 544 g/mol. The van der Waals surface area contributed by atoms with E-state index < -0.39 is 0 Å². The number of aromatic nitrogens is 1. The Bertz CT molecular complexity index is 1310. The number of amides is 1. The fourth-order valence-corrected chi connectivity index (χ4v) is 5.22. The first-order valence-corrected chi connectivity index (χ1v) is 14.4. The molecule has 39 heavy (non-hydrogen) atoms. The molecule has 1 saturated heterocycles. The van der Waals surface area contributed by atoms with Gasteiger partial charge in [-0.1, -0.05) is 37.1 Å². The van der Waals surface area contributed by atoms with E-state index in [9.17, 15) is 10.1 Å². The summed E-state index contributed by atoms with van der Waals surface area (Å²) in [6.45, 7) is 7.18. The number of hydrogen-bond donors (Lipinski definition) is 3. The lowest BCUT2D eigenvalue weighted by Gasteiger charge is -2.34. The van der Waals surface area contributed by atoms with Crippen molar-refractivity contribution in [1.82, 2.24) is 4.98 Å². The van der Waals surface area contributed by atoms with Crippen molar-refractivity contribution in [3.63, 3.8) is 0 Å². The Morgan fingerprint density at radius 3 is 2.82 bits per heavy atom. The van der Waals surface area contributed by atoms with E-state index in [1.165, 1.54) is 36.0 Å². The molecule has 2 aromatic heterocycles. The van der Waals surface area contributed by atoms with Crippen LogP contribution < -0.4 is 20.3 Å². The number of benzene rings is 1. The molecule has 3 heterocycles. The van der Waals surface area contributed by atoms with Gasteiger partial charge in [0.25, 0.3) is 0 Å². The van der Waals surface area contributed by atoms with Crippen LogP contribution in [0.25, 0.3) is 11.3 Å². The number of hydrogen-bond acceptors (Lipinski definition) is 8. The van der Waals surface area contributed by atoms with Crippen molar-refractivity contribution in [2.24, 2.45) is 5.92 Å². The Balaban J connectivity index is 1.25. The molecular formula is C30H36N6O2S. The minimum absolute atomic E-state index is 0.432. The molecule has 0 atom stereocenters. The Morgan fingerprint density at radius 2 is 2.05 bits per heavy atom. The molecule has 0 unspecified atom stereocenters. The normalized spacial score (nSPS) is 13.8. The molecule has 3 aromatic rings. The van der Waals surface area contributed by atoms with Crippen LogP contribution in [0.5, 0.6) is 0 Å². The van der Waals surface area contributed by atoms with Crippen molar-refractivity contribution in [3.05, 3.63) is 65.9 Å². The first-order chi connectivity index (χ1) is 19.1. The fourth-order valence-electron chi connectivity index (χ4n) is 4.78. The van der Waals surface area contributed by atoms with E-state index >= 15 is 0 Å². The molecule has 1 amide bonds. The molecule has 4 rings (SSSR count). The molecule has 1 fully saturated rings. The summed E-state index contributed by atoms with van der Waals surface area (Å²) in [5.74, 6) is 3.20. The highest BCUT2D eigenvalue weighted by atomic mass is 32.2. The van der Waals surface area contributed by atoms with Crippen LogP contribution in [-0.2, 0) is 4.79 Å². The van der Waals surface area contributed by atoms with E-state index in [-0.39, 0.29) is 0 Å². The predicted molar refractivity (Wildman–Crippen MR) is 161 cm³/mol. The van der Waals surface area contributed by atoms with E-state index in [0.717, 1.165) is 31.7 Å². The number of carbonyl (C=O) groups is 1. The van der Waals surface area contributed by atoms with Crippen molar-refractivity contribution in [1.29, 1.82) is 5.26 Å². The van der Waals surface area contributed by atoms with Gasteiger partial charge in [0.1, 0.15) is 17.7 Å². The van der Waals surface area contributed by atoms with E-state index in [0.29, 0.717) is 47.4 Å². The minimum Gasteiger partial charge on any atom is -0.463 e. The van der Waals surface area contributed by atoms with Gasteiger partial charge in [-0.3, -0.25) is 4.79 Å². The van der Waals surface area contributed by atoms with Crippen LogP contribution >= 0.6 is 11.9 Å². The lowest BCUT2D eigenvalue weighted by molar-refractivity contribution is -0.105. The molecule has 0 spiro atoms. The SMILES string of the molecule is CCSNc1ccc(C)c(N2CCC(C/C=C/CCNc3nc(NC=O)ccc3-c3occc3C#N)CC2)c1. The third-order valence-corrected chi connectivity index (χ3v) is 7.54. The van der Waals surface area contributed by atoms with Gasteiger partial charge in [-0.25, -0.2) is 4.98 Å². The van der Waals surface area contributed by atoms with E-state index in [2.05, 4.69) is 75.5 Å². The number of aryl methyl sites for hydroxylation is 1. The molecule has 0 bridgehead atoms. The second-order valence-electron chi connectivity index (χ2n) is 9.52. The first kappa shape index (κ1) is 28.1. The second-order valence-corrected chi connectivity index (χ2v) is 10.6. The van der Waals surface area contributed by atoms with Crippen molar-refractivity contribution >= 4 is 41.4 Å². The fraction of sp³-hybridized carbons (Fsp3) is 0.367. The highest BCUT2D eigenvalue weighted by Crippen LogP contribution is 2.32.